The van der Waals surface area contributed by atoms with Gasteiger partial charge in [-0.05, 0) is 30.0 Å². The number of rotatable bonds is 2. The fourth-order valence-corrected chi connectivity index (χ4v) is 5.65. The summed E-state index contributed by atoms with van der Waals surface area (Å²) < 4.78 is 4.50. The average molecular weight is 380 g/mol. The summed E-state index contributed by atoms with van der Waals surface area (Å²) in [6.07, 6.45) is 1.23. The Labute approximate surface area is 133 Å². The molecule has 1 aromatic rings. The topological polar surface area (TPSA) is 36.1 Å². The van der Waals surface area contributed by atoms with E-state index in [1.165, 1.54) is 6.42 Å². The molecule has 1 fully saturated rings. The molecule has 0 radical (unpaired) electrons. The lowest BCUT2D eigenvalue weighted by Gasteiger charge is -2.42. The second-order valence-electron chi connectivity index (χ2n) is 5.80. The molecule has 0 amide bonds. The molecule has 0 spiro atoms. The quantitative estimate of drug-likeness (QED) is 0.399. The van der Waals surface area contributed by atoms with Crippen LogP contribution in [-0.4, -0.2) is 12.3 Å². The molecule has 2 unspecified atom stereocenters. The predicted molar refractivity (Wildman–Crippen MR) is 93.8 cm³/mol. The first-order valence-corrected chi connectivity index (χ1v) is 10.7. The molecule has 19 heavy (non-hydrogen) atoms. The van der Waals surface area contributed by atoms with E-state index in [0.29, 0.717) is 11.5 Å². The van der Waals surface area contributed by atoms with Crippen molar-refractivity contribution in [3.05, 3.63) is 22.7 Å². The smallest absolute Gasteiger partial charge is 0.141 e. The van der Waals surface area contributed by atoms with Crippen molar-refractivity contribution in [1.82, 2.24) is 10.0 Å². The summed E-state index contributed by atoms with van der Waals surface area (Å²) >= 11 is 12.9. The maximum absolute atomic E-state index is 4.73. The number of hydrogen-bond acceptors (Lipinski definition) is 5. The van der Waals surface area contributed by atoms with Crippen molar-refractivity contribution in [1.29, 1.82) is 0 Å². The van der Waals surface area contributed by atoms with Crippen molar-refractivity contribution in [3.8, 4) is 0 Å². The van der Waals surface area contributed by atoms with Gasteiger partial charge in [0, 0.05) is 15.4 Å². The van der Waals surface area contributed by atoms with E-state index in [-0.39, 0.29) is 6.29 Å². The van der Waals surface area contributed by atoms with E-state index in [1.54, 1.807) is 0 Å². The Bertz CT molecular complexity index is 521. The van der Waals surface area contributed by atoms with Gasteiger partial charge in [0.2, 0.25) is 0 Å². The molecule has 1 aromatic carbocycles. The van der Waals surface area contributed by atoms with E-state index in [0.717, 1.165) is 15.1 Å². The summed E-state index contributed by atoms with van der Waals surface area (Å²) in [4.78, 5) is 1.11. The fraction of sp³-hybridized carbons (Fsp3) is 0.500. The molecule has 1 saturated carbocycles. The van der Waals surface area contributed by atoms with Crippen LogP contribution in [0.4, 0.5) is 5.69 Å². The summed E-state index contributed by atoms with van der Waals surface area (Å²) in [5, 5.41) is 7.05. The maximum atomic E-state index is 4.73. The van der Waals surface area contributed by atoms with E-state index in [2.05, 4.69) is 57.3 Å². The van der Waals surface area contributed by atoms with E-state index in [9.17, 15) is 0 Å². The summed E-state index contributed by atoms with van der Waals surface area (Å²) in [5.41, 5.74) is 1.49. The molecular weight excluding hydrogens is 362 g/mol. The molecule has 1 aliphatic heterocycles. The zero-order valence-electron chi connectivity index (χ0n) is 10.8. The lowest BCUT2D eigenvalue weighted by Crippen LogP contribution is -2.51. The van der Waals surface area contributed by atoms with Gasteiger partial charge in [0.05, 0.1) is 5.69 Å². The average Bonchev–Trinajstić information content (AvgIpc) is 2.86. The van der Waals surface area contributed by atoms with Crippen LogP contribution in [0.25, 0.3) is 0 Å². The number of halogens is 1. The molecule has 0 saturated heterocycles. The van der Waals surface area contributed by atoms with Crippen molar-refractivity contribution < 1.29 is 0 Å². The lowest BCUT2D eigenvalue weighted by molar-refractivity contribution is 0.476. The second kappa shape index (κ2) is 4.74. The molecular formula is C12H18BrN3S3. The molecule has 0 aromatic heterocycles. The van der Waals surface area contributed by atoms with Gasteiger partial charge in [-0.1, -0.05) is 38.1 Å². The number of nitrogens with one attached hydrogen (secondary N) is 3. The number of thiol groups is 2. The largest absolute Gasteiger partial charge is 0.356 e. The van der Waals surface area contributed by atoms with E-state index in [1.807, 2.05) is 6.07 Å². The third kappa shape index (κ3) is 2.91. The third-order valence-electron chi connectivity index (χ3n) is 3.71. The first-order valence-electron chi connectivity index (χ1n) is 6.16. The van der Waals surface area contributed by atoms with Crippen LogP contribution < -0.4 is 15.4 Å². The zero-order chi connectivity index (χ0) is 13.8. The molecule has 0 bridgehead atoms. The van der Waals surface area contributed by atoms with Gasteiger partial charge in [-0.3, -0.25) is 5.32 Å². The van der Waals surface area contributed by atoms with Crippen LogP contribution in [0.2, 0.25) is 0 Å². The second-order valence-corrected chi connectivity index (χ2v) is 12.6. The normalized spacial score (nSPS) is 32.1. The highest BCUT2D eigenvalue weighted by molar-refractivity contribution is 9.17. The summed E-state index contributed by atoms with van der Waals surface area (Å²) in [6, 6.07) is 6.72. The Morgan fingerprint density at radius 3 is 2.74 bits per heavy atom. The van der Waals surface area contributed by atoms with Crippen LogP contribution in [0.3, 0.4) is 0 Å². The Hall–Kier alpha value is 0.470. The van der Waals surface area contributed by atoms with Gasteiger partial charge >= 0.3 is 0 Å². The summed E-state index contributed by atoms with van der Waals surface area (Å²) in [6.45, 7) is 4.56. The first-order chi connectivity index (χ1) is 8.78. The minimum atomic E-state index is -1.58. The number of fused-ring (bicyclic) bond motifs is 1. The Morgan fingerprint density at radius 1 is 1.42 bits per heavy atom. The molecule has 106 valence electrons. The van der Waals surface area contributed by atoms with Gasteiger partial charge in [-0.2, -0.15) is 0 Å². The van der Waals surface area contributed by atoms with Crippen LogP contribution in [0.5, 0.6) is 0 Å². The van der Waals surface area contributed by atoms with E-state index in [4.69, 9.17) is 23.3 Å². The number of hydrogen-bond donors (Lipinski definition) is 5. The highest BCUT2D eigenvalue weighted by atomic mass is 79.9. The third-order valence-corrected chi connectivity index (χ3v) is 7.53. The van der Waals surface area contributed by atoms with Crippen LogP contribution >= 0.6 is 47.5 Å². The van der Waals surface area contributed by atoms with Gasteiger partial charge in [-0.15, -0.1) is 23.3 Å². The molecule has 3 N–H and O–H groups in total. The molecule has 1 heterocycles. The maximum Gasteiger partial charge on any atom is 0.141 e. The van der Waals surface area contributed by atoms with Crippen molar-refractivity contribution in [2.45, 2.75) is 37.5 Å². The van der Waals surface area contributed by atoms with Crippen LogP contribution in [0.15, 0.2) is 27.6 Å². The SMILES string of the molecule is CC1(C)CC1NC1Nc2ccc(Br)cc2S(S)(S)N1. The lowest BCUT2D eigenvalue weighted by atomic mass is 10.2. The van der Waals surface area contributed by atoms with Crippen LogP contribution in [-0.2, 0) is 0 Å². The van der Waals surface area contributed by atoms with Crippen molar-refractivity contribution in [2.75, 3.05) is 5.32 Å². The summed E-state index contributed by atoms with van der Waals surface area (Å²) in [7, 11) is -1.58. The molecule has 2 aliphatic rings. The highest BCUT2D eigenvalue weighted by Crippen LogP contribution is 2.65. The van der Waals surface area contributed by atoms with Crippen LogP contribution in [0, 0.1) is 5.41 Å². The summed E-state index contributed by atoms with van der Waals surface area (Å²) in [5.74, 6) is 0. The van der Waals surface area contributed by atoms with Gasteiger partial charge in [0.25, 0.3) is 0 Å². The van der Waals surface area contributed by atoms with E-state index >= 15 is 0 Å². The van der Waals surface area contributed by atoms with Gasteiger partial charge < -0.3 is 5.32 Å². The molecule has 2 atom stereocenters. The first kappa shape index (κ1) is 14.4. The Balaban J connectivity index is 1.81. The van der Waals surface area contributed by atoms with Crippen LogP contribution in [0.1, 0.15) is 20.3 Å². The molecule has 1 aliphatic carbocycles. The van der Waals surface area contributed by atoms with Crippen molar-refractivity contribution in [3.63, 3.8) is 0 Å². The highest BCUT2D eigenvalue weighted by Gasteiger charge is 2.47. The van der Waals surface area contributed by atoms with Crippen molar-refractivity contribution >= 4 is 53.2 Å². The van der Waals surface area contributed by atoms with Gasteiger partial charge in [0.1, 0.15) is 6.29 Å². The molecule has 3 rings (SSSR count). The predicted octanol–water partition coefficient (Wildman–Crippen LogP) is 3.90. The van der Waals surface area contributed by atoms with Crippen molar-refractivity contribution in [2.24, 2.45) is 5.41 Å². The fourth-order valence-electron chi connectivity index (χ4n) is 2.29. The Kier molecular flexibility index (Phi) is 3.60. The minimum Gasteiger partial charge on any atom is -0.356 e. The molecule has 7 heteroatoms. The van der Waals surface area contributed by atoms with Gasteiger partial charge in [0.15, 0.2) is 0 Å². The zero-order valence-corrected chi connectivity index (χ0v) is 15.0. The number of benzene rings is 1. The van der Waals surface area contributed by atoms with E-state index < -0.39 is 8.28 Å². The molecule has 3 nitrogen and oxygen atoms in total. The number of anilines is 1. The standard InChI is InChI=1S/C12H18BrN3S3/c1-12(2)6-10(12)15-11-14-8-4-3-7(13)5-9(8)19(17,18)16-11/h3-5,10-11,14-18H,6H2,1-2H3. The monoisotopic (exact) mass is 379 g/mol. The minimum absolute atomic E-state index is 0.0189. The van der Waals surface area contributed by atoms with Gasteiger partial charge in [-0.25, -0.2) is 4.72 Å². The Morgan fingerprint density at radius 2 is 2.11 bits per heavy atom.